The number of rotatable bonds is 2. The van der Waals surface area contributed by atoms with Gasteiger partial charge in [-0.15, -0.1) is 4.91 Å². The molecule has 1 heterocycles. The average molecular weight is 167 g/mol. The fourth-order valence-corrected chi connectivity index (χ4v) is 1.10. The number of nitrogens with zero attached hydrogens (tertiary/aromatic N) is 3. The van der Waals surface area contributed by atoms with Gasteiger partial charge in [0.1, 0.15) is 0 Å². The van der Waals surface area contributed by atoms with E-state index in [9.17, 15) is 10.1 Å². The molecule has 0 amide bonds. The van der Waals surface area contributed by atoms with E-state index in [0.29, 0.717) is 13.1 Å². The van der Waals surface area contributed by atoms with E-state index < -0.39 is 0 Å². The molecule has 0 radical (unpaired) electrons. The Balaban J connectivity index is 0.000001000. The molecule has 0 aliphatic carbocycles. The second kappa shape index (κ2) is 5.91. The van der Waals surface area contributed by atoms with Gasteiger partial charge in [0.25, 0.3) is 0 Å². The van der Waals surface area contributed by atoms with E-state index in [0.717, 1.165) is 19.3 Å². The van der Waals surface area contributed by atoms with Gasteiger partial charge in [0.2, 0.25) is 0 Å². The number of hydrazine groups is 1. The van der Waals surface area contributed by atoms with Crippen LogP contribution in [0, 0.1) is 10.1 Å². The average Bonchev–Trinajstić information content (AvgIpc) is 2.05. The molecule has 1 saturated heterocycles. The maximum absolute atomic E-state index is 10.5. The summed E-state index contributed by atoms with van der Waals surface area (Å²) in [5.74, 6) is 0. The molecule has 0 bridgehead atoms. The van der Waals surface area contributed by atoms with E-state index in [2.05, 4.69) is 5.29 Å². The molecule has 1 fully saturated rings. The number of hydrogen-bond acceptors (Lipinski definition) is 4. The Morgan fingerprint density at radius 3 is 2.27 bits per heavy atom. The zero-order valence-corrected chi connectivity index (χ0v) is 8.69. The van der Waals surface area contributed by atoms with Gasteiger partial charge in [-0.25, -0.2) is 5.01 Å². The molecule has 0 N–H and O–H groups in total. The number of hydrogen-bond donors (Lipinski definition) is 0. The second-order valence-corrected chi connectivity index (χ2v) is 2.35. The summed E-state index contributed by atoms with van der Waals surface area (Å²) < 4.78 is 0. The molecule has 0 unspecified atom stereocenters. The van der Waals surface area contributed by atoms with E-state index in [1.807, 2.05) is 0 Å². The third kappa shape index (κ3) is 3.48. The molecule has 0 aromatic rings. The van der Waals surface area contributed by atoms with E-state index in [-0.39, 0.29) is 34.8 Å². The van der Waals surface area contributed by atoms with Crippen molar-refractivity contribution >= 4 is 0 Å². The number of nitroso groups, excluding NO2 is 1. The summed E-state index contributed by atoms with van der Waals surface area (Å²) in [7, 11) is 0. The van der Waals surface area contributed by atoms with Gasteiger partial charge in [0.15, 0.2) is 0 Å². The Kier molecular flexibility index (Phi) is 6.08. The van der Waals surface area contributed by atoms with Crippen molar-refractivity contribution in [2.24, 2.45) is 5.29 Å². The topological polar surface area (TPSA) is 59.0 Å². The summed E-state index contributed by atoms with van der Waals surface area (Å²) in [6.07, 6.45) is 3.10. The molecule has 6 heteroatoms. The molecule has 0 spiro atoms. The third-order valence-electron chi connectivity index (χ3n) is 1.64. The molecule has 58 valence electrons. The molecule has 0 saturated carbocycles. The Morgan fingerprint density at radius 2 is 1.82 bits per heavy atom. The summed E-state index contributed by atoms with van der Waals surface area (Å²) in [6, 6.07) is 0. The first kappa shape index (κ1) is 11.3. The second-order valence-electron chi connectivity index (χ2n) is 2.35. The predicted molar refractivity (Wildman–Crippen MR) is 36.4 cm³/mol. The van der Waals surface area contributed by atoms with Crippen LogP contribution in [0.3, 0.4) is 0 Å². The molecule has 1 aliphatic heterocycles. The van der Waals surface area contributed by atoms with Crippen LogP contribution in [0.5, 0.6) is 0 Å². The molecular formula is C5H10N3NaO2. The molecule has 1 rings (SSSR count). The first-order valence-corrected chi connectivity index (χ1v) is 3.40. The summed E-state index contributed by atoms with van der Waals surface area (Å²) in [5, 5.41) is 14.3. The van der Waals surface area contributed by atoms with Crippen LogP contribution in [0.1, 0.15) is 19.3 Å². The molecular weight excluding hydrogens is 157 g/mol. The Bertz CT molecular complexity index is 118. The summed E-state index contributed by atoms with van der Waals surface area (Å²) >= 11 is 0. The quantitative estimate of drug-likeness (QED) is 0.268. The van der Waals surface area contributed by atoms with Gasteiger partial charge in [0, 0.05) is 13.1 Å². The first-order chi connectivity index (χ1) is 4.84. The number of piperidine rings is 1. The van der Waals surface area contributed by atoms with E-state index >= 15 is 0 Å². The maximum Gasteiger partial charge on any atom is 1.00 e. The van der Waals surface area contributed by atoms with Crippen molar-refractivity contribution in [3.63, 3.8) is 0 Å². The van der Waals surface area contributed by atoms with E-state index in [1.54, 1.807) is 0 Å². The largest absolute Gasteiger partial charge is 1.00 e. The van der Waals surface area contributed by atoms with Gasteiger partial charge in [-0.3, -0.25) is 5.28 Å². The molecule has 0 aromatic heterocycles. The van der Waals surface area contributed by atoms with E-state index in [4.69, 9.17) is 0 Å². The molecule has 5 nitrogen and oxygen atoms in total. The molecule has 11 heavy (non-hydrogen) atoms. The van der Waals surface area contributed by atoms with Crippen molar-refractivity contribution < 1.29 is 29.6 Å². The van der Waals surface area contributed by atoms with Crippen LogP contribution in [0.4, 0.5) is 0 Å². The molecule has 1 aliphatic rings. The third-order valence-corrected chi connectivity index (χ3v) is 1.64. The van der Waals surface area contributed by atoms with E-state index in [1.165, 1.54) is 5.01 Å². The standard InChI is InChI=1S/C5H10N3O2.Na/c9-6-8(10)7-4-2-1-3-5-7;/h1-5H2;/q-1;+1. The fraction of sp³-hybridized carbons (Fsp3) is 1.00. The van der Waals surface area contributed by atoms with Crippen LogP contribution in [-0.2, 0) is 0 Å². The normalized spacial score (nSPS) is 18.6. The Labute approximate surface area is 87.5 Å². The SMILES string of the molecule is O=NN([O-])N1CCCCC1.[Na+]. The zero-order valence-electron chi connectivity index (χ0n) is 6.69. The van der Waals surface area contributed by atoms with Crippen LogP contribution in [-0.4, -0.2) is 23.4 Å². The van der Waals surface area contributed by atoms with Crippen molar-refractivity contribution in [1.82, 2.24) is 10.3 Å². The Morgan fingerprint density at radius 1 is 1.27 bits per heavy atom. The first-order valence-electron chi connectivity index (χ1n) is 3.40. The van der Waals surface area contributed by atoms with Gasteiger partial charge < -0.3 is 5.21 Å². The van der Waals surface area contributed by atoms with Gasteiger partial charge in [0.05, 0.1) is 5.29 Å². The van der Waals surface area contributed by atoms with Crippen LogP contribution in [0.2, 0.25) is 0 Å². The van der Waals surface area contributed by atoms with Crippen molar-refractivity contribution in [3.8, 4) is 0 Å². The zero-order chi connectivity index (χ0) is 7.40. The minimum atomic E-state index is 0. The fourth-order valence-electron chi connectivity index (χ4n) is 1.10. The maximum atomic E-state index is 10.5. The van der Waals surface area contributed by atoms with Crippen molar-refractivity contribution in [2.75, 3.05) is 13.1 Å². The van der Waals surface area contributed by atoms with Gasteiger partial charge in [-0.05, 0) is 12.8 Å². The van der Waals surface area contributed by atoms with Gasteiger partial charge >= 0.3 is 29.6 Å². The summed E-state index contributed by atoms with van der Waals surface area (Å²) in [6.45, 7) is 1.32. The summed E-state index contributed by atoms with van der Waals surface area (Å²) in [4.78, 5) is 9.73. The molecule has 0 aromatic carbocycles. The van der Waals surface area contributed by atoms with Gasteiger partial charge in [-0.2, -0.15) is 0 Å². The monoisotopic (exact) mass is 167 g/mol. The molecule has 0 atom stereocenters. The van der Waals surface area contributed by atoms with Crippen molar-refractivity contribution in [2.45, 2.75) is 19.3 Å². The van der Waals surface area contributed by atoms with Crippen LogP contribution in [0.15, 0.2) is 5.29 Å². The minimum absolute atomic E-state index is 0. The summed E-state index contributed by atoms with van der Waals surface area (Å²) in [5.41, 5.74) is 0. The van der Waals surface area contributed by atoms with Crippen molar-refractivity contribution in [1.29, 1.82) is 0 Å². The van der Waals surface area contributed by atoms with Crippen molar-refractivity contribution in [3.05, 3.63) is 10.1 Å². The van der Waals surface area contributed by atoms with Crippen LogP contribution >= 0.6 is 0 Å². The predicted octanol–water partition coefficient (Wildman–Crippen LogP) is -2.13. The van der Waals surface area contributed by atoms with Crippen LogP contribution in [0.25, 0.3) is 0 Å². The smallest absolute Gasteiger partial charge is 0.724 e. The van der Waals surface area contributed by atoms with Gasteiger partial charge in [-0.1, -0.05) is 6.42 Å². The Hall–Kier alpha value is 0.320. The van der Waals surface area contributed by atoms with Crippen LogP contribution < -0.4 is 29.6 Å². The minimum Gasteiger partial charge on any atom is -0.724 e.